The molecule has 0 amide bonds. The predicted molar refractivity (Wildman–Crippen MR) is 228 cm³/mol. The van der Waals surface area contributed by atoms with Gasteiger partial charge in [-0.2, -0.15) is 0 Å². The third-order valence-electron chi connectivity index (χ3n) is 10.1. The summed E-state index contributed by atoms with van der Waals surface area (Å²) in [6.07, 6.45) is 0. The predicted octanol–water partition coefficient (Wildman–Crippen LogP) is 13.5. The van der Waals surface area contributed by atoms with Crippen LogP contribution in [0, 0.1) is 0 Å². The van der Waals surface area contributed by atoms with Gasteiger partial charge in [-0.25, -0.2) is 19.9 Å². The van der Waals surface area contributed by atoms with Gasteiger partial charge in [0.25, 0.3) is 0 Å². The molecule has 11 aromatic rings. The zero-order chi connectivity index (χ0) is 35.6. The van der Waals surface area contributed by atoms with Crippen molar-refractivity contribution in [2.75, 3.05) is 0 Å². The largest absolute Gasteiger partial charge is 0.247 e. The highest BCUT2D eigenvalue weighted by molar-refractivity contribution is 7.27. The van der Waals surface area contributed by atoms with Crippen LogP contribution in [0.5, 0.6) is 0 Å². The van der Waals surface area contributed by atoms with E-state index >= 15 is 0 Å². The molecule has 0 atom stereocenters. The van der Waals surface area contributed by atoms with Gasteiger partial charge >= 0.3 is 0 Å². The first kappa shape index (κ1) is 31.0. The molecule has 0 fully saturated rings. The fourth-order valence-electron chi connectivity index (χ4n) is 7.54. The molecule has 11 rings (SSSR count). The summed E-state index contributed by atoms with van der Waals surface area (Å²) in [5.74, 6) is 1.97. The molecule has 54 heavy (non-hydrogen) atoms. The van der Waals surface area contributed by atoms with E-state index in [1.54, 1.807) is 11.3 Å². The molecule has 0 aliphatic heterocycles. The Morgan fingerprint density at radius 2 is 0.889 bits per heavy atom. The molecule has 4 aromatic heterocycles. The summed E-state index contributed by atoms with van der Waals surface area (Å²) in [5, 5.41) is 6.13. The van der Waals surface area contributed by atoms with Crippen LogP contribution in [0.25, 0.3) is 108 Å². The van der Waals surface area contributed by atoms with E-state index in [1.165, 1.54) is 45.7 Å². The molecule has 4 nitrogen and oxygen atoms in total. The Kier molecular flexibility index (Phi) is 7.18. The van der Waals surface area contributed by atoms with Crippen LogP contribution in [0.3, 0.4) is 0 Å². The highest BCUT2D eigenvalue weighted by Gasteiger charge is 2.18. The molecule has 0 aliphatic rings. The van der Waals surface area contributed by atoms with Gasteiger partial charge in [-0.15, -0.1) is 22.7 Å². The first-order valence-electron chi connectivity index (χ1n) is 17.9. The van der Waals surface area contributed by atoms with Crippen molar-refractivity contribution in [1.29, 1.82) is 0 Å². The molecule has 0 radical (unpaired) electrons. The van der Waals surface area contributed by atoms with Gasteiger partial charge in [0.05, 0.1) is 11.2 Å². The number of hydrogen-bond donors (Lipinski definition) is 0. The molecular weight excluding hydrogens is 697 g/mol. The maximum Gasteiger partial charge on any atom is 0.165 e. The number of hydrogen-bond acceptors (Lipinski definition) is 6. The topological polar surface area (TPSA) is 51.6 Å². The minimum absolute atomic E-state index is 0.643. The van der Waals surface area contributed by atoms with Gasteiger partial charge in [-0.3, -0.25) is 0 Å². The van der Waals surface area contributed by atoms with Crippen molar-refractivity contribution in [3.05, 3.63) is 170 Å². The Bertz CT molecular complexity index is 3220. The summed E-state index contributed by atoms with van der Waals surface area (Å²) < 4.78 is 4.98. The minimum atomic E-state index is 0.643. The number of benzene rings is 7. The smallest absolute Gasteiger partial charge is 0.165 e. The first-order chi connectivity index (χ1) is 26.7. The van der Waals surface area contributed by atoms with Crippen LogP contribution in [-0.4, -0.2) is 19.9 Å². The second-order valence-corrected chi connectivity index (χ2v) is 15.5. The molecule has 7 aromatic carbocycles. The number of pyridine rings is 1. The van der Waals surface area contributed by atoms with E-state index in [2.05, 4.69) is 152 Å². The summed E-state index contributed by atoms with van der Waals surface area (Å²) in [4.78, 5) is 20.5. The number of aromatic nitrogens is 4. The molecule has 0 saturated carbocycles. The third kappa shape index (κ3) is 5.11. The van der Waals surface area contributed by atoms with Crippen LogP contribution in [0.15, 0.2) is 170 Å². The molecule has 0 spiro atoms. The van der Waals surface area contributed by atoms with Crippen LogP contribution in [0.4, 0.5) is 0 Å². The highest BCUT2D eigenvalue weighted by atomic mass is 32.1. The number of nitrogens with zero attached hydrogens (tertiary/aromatic N) is 4. The van der Waals surface area contributed by atoms with Gasteiger partial charge in [0, 0.05) is 68.0 Å². The normalized spacial score (nSPS) is 11.7. The van der Waals surface area contributed by atoms with Crippen LogP contribution < -0.4 is 0 Å². The van der Waals surface area contributed by atoms with Crippen molar-refractivity contribution in [1.82, 2.24) is 19.9 Å². The van der Waals surface area contributed by atoms with Gasteiger partial charge in [0.2, 0.25) is 0 Å². The second kappa shape index (κ2) is 12.5. The Morgan fingerprint density at radius 1 is 0.333 bits per heavy atom. The lowest BCUT2D eigenvalue weighted by atomic mass is 9.98. The summed E-state index contributed by atoms with van der Waals surface area (Å²) in [6, 6.07) is 59.6. The first-order valence-corrected chi connectivity index (χ1v) is 19.5. The summed E-state index contributed by atoms with van der Waals surface area (Å²) in [6.45, 7) is 0. The number of thiophene rings is 2. The van der Waals surface area contributed by atoms with Crippen molar-refractivity contribution < 1.29 is 0 Å². The zero-order valence-electron chi connectivity index (χ0n) is 28.8. The summed E-state index contributed by atoms with van der Waals surface area (Å²) >= 11 is 3.63. The number of fused-ring (bicyclic) bond motifs is 8. The van der Waals surface area contributed by atoms with Gasteiger partial charge in [0.1, 0.15) is 0 Å². The monoisotopic (exact) mass is 724 g/mol. The van der Waals surface area contributed by atoms with Gasteiger partial charge in [-0.1, -0.05) is 140 Å². The fraction of sp³-hybridized carbons (Fsp3) is 0. The maximum absolute atomic E-state index is 5.27. The van der Waals surface area contributed by atoms with Gasteiger partial charge in [-0.05, 0) is 41.5 Å². The van der Waals surface area contributed by atoms with E-state index in [9.17, 15) is 0 Å². The van der Waals surface area contributed by atoms with Crippen molar-refractivity contribution in [3.63, 3.8) is 0 Å². The molecule has 0 N–H and O–H groups in total. The summed E-state index contributed by atoms with van der Waals surface area (Å²) in [5.41, 5.74) is 8.26. The molecule has 0 saturated heterocycles. The number of para-hydroxylation sites is 1. The quantitative estimate of drug-likeness (QED) is 0.177. The Morgan fingerprint density at radius 3 is 1.70 bits per heavy atom. The van der Waals surface area contributed by atoms with Gasteiger partial charge in [0.15, 0.2) is 17.5 Å². The van der Waals surface area contributed by atoms with Crippen LogP contribution in [-0.2, 0) is 0 Å². The summed E-state index contributed by atoms with van der Waals surface area (Å²) in [7, 11) is 0. The minimum Gasteiger partial charge on any atom is -0.247 e. The average molecular weight is 725 g/mol. The van der Waals surface area contributed by atoms with E-state index in [4.69, 9.17) is 19.9 Å². The lowest BCUT2D eigenvalue weighted by Crippen LogP contribution is -2.00. The van der Waals surface area contributed by atoms with Crippen LogP contribution in [0.1, 0.15) is 0 Å². The Hall–Kier alpha value is -6.60. The number of rotatable bonds is 5. The van der Waals surface area contributed by atoms with E-state index in [1.807, 2.05) is 29.5 Å². The van der Waals surface area contributed by atoms with Crippen LogP contribution in [0.2, 0.25) is 0 Å². The SMILES string of the molecule is c1ccc(-c2nc(-c3ccc(-c4cccc(-c5nc6ccccc6c6sc7ccccc7c56)c4)cc3)nc(-c3cccc4c3sc3ccccc34)n2)cc1. The molecule has 0 aliphatic carbocycles. The fourth-order valence-corrected chi connectivity index (χ4v) is 9.99. The molecule has 252 valence electrons. The van der Waals surface area contributed by atoms with Crippen molar-refractivity contribution in [2.24, 2.45) is 0 Å². The molecule has 0 unspecified atom stereocenters. The molecule has 4 heterocycles. The second-order valence-electron chi connectivity index (χ2n) is 13.4. The standard InChI is InChI=1S/C48H28N4S2/c1-2-12-30(13-3-1)46-50-47(52-48(51-46)38-20-11-19-35-34-16-5-8-22-40(34)53-44(35)38)31-26-24-29(25-27-31)32-14-10-15-33(28-32)43-42-37-18-6-9-23-41(37)54-45(42)36-17-4-7-21-39(36)49-43/h1-28H. The third-order valence-corrected chi connectivity index (χ3v) is 12.6. The van der Waals surface area contributed by atoms with E-state index in [-0.39, 0.29) is 0 Å². The molecule has 6 heteroatoms. The zero-order valence-corrected chi connectivity index (χ0v) is 30.4. The van der Waals surface area contributed by atoms with E-state index in [0.717, 1.165) is 44.6 Å². The lowest BCUT2D eigenvalue weighted by Gasteiger charge is -2.11. The highest BCUT2D eigenvalue weighted by Crippen LogP contribution is 2.43. The van der Waals surface area contributed by atoms with E-state index < -0.39 is 0 Å². The van der Waals surface area contributed by atoms with Crippen LogP contribution >= 0.6 is 22.7 Å². The van der Waals surface area contributed by atoms with E-state index in [0.29, 0.717) is 17.5 Å². The van der Waals surface area contributed by atoms with Gasteiger partial charge < -0.3 is 0 Å². The van der Waals surface area contributed by atoms with Crippen molar-refractivity contribution in [2.45, 2.75) is 0 Å². The van der Waals surface area contributed by atoms with Crippen molar-refractivity contribution >= 4 is 73.9 Å². The molecule has 0 bridgehead atoms. The van der Waals surface area contributed by atoms with Crippen molar-refractivity contribution in [3.8, 4) is 56.5 Å². The average Bonchev–Trinajstić information content (AvgIpc) is 3.83. The Balaban J connectivity index is 1.02. The molecular formula is C48H28N4S2. The Labute approximate surface area is 318 Å². The maximum atomic E-state index is 5.27. The lowest BCUT2D eigenvalue weighted by molar-refractivity contribution is 1.08.